The van der Waals surface area contributed by atoms with Gasteiger partial charge in [-0.05, 0) is 23.8 Å². The van der Waals surface area contributed by atoms with Crippen molar-refractivity contribution < 1.29 is 5.11 Å². The number of rotatable bonds is 5. The van der Waals surface area contributed by atoms with Crippen molar-refractivity contribution >= 4 is 17.0 Å². The summed E-state index contributed by atoms with van der Waals surface area (Å²) in [5, 5.41) is 9.25. The molecule has 0 saturated heterocycles. The Morgan fingerprint density at radius 1 is 1.15 bits per heavy atom. The van der Waals surface area contributed by atoms with E-state index in [9.17, 15) is 5.11 Å². The van der Waals surface area contributed by atoms with E-state index in [1.54, 1.807) is 6.20 Å². The number of hydrogen-bond acceptors (Lipinski definition) is 4. The first-order valence-electron chi connectivity index (χ1n) is 6.56. The lowest BCUT2D eigenvalue weighted by atomic mass is 10.2. The number of pyridine rings is 1. The number of H-pyrrole nitrogens is 1. The van der Waals surface area contributed by atoms with E-state index in [1.807, 2.05) is 47.5 Å². The highest BCUT2D eigenvalue weighted by molar-refractivity contribution is 5.77. The van der Waals surface area contributed by atoms with Crippen LogP contribution in [0.25, 0.3) is 11.0 Å². The molecule has 0 aliphatic rings. The van der Waals surface area contributed by atoms with Crippen molar-refractivity contribution in [2.75, 3.05) is 18.1 Å². The topological polar surface area (TPSA) is 65.0 Å². The number of imidazole rings is 1. The summed E-state index contributed by atoms with van der Waals surface area (Å²) >= 11 is 0. The normalized spacial score (nSPS) is 10.8. The van der Waals surface area contributed by atoms with E-state index in [4.69, 9.17) is 0 Å². The van der Waals surface area contributed by atoms with E-state index >= 15 is 0 Å². The van der Waals surface area contributed by atoms with E-state index in [0.717, 1.165) is 22.5 Å². The zero-order chi connectivity index (χ0) is 13.8. The largest absolute Gasteiger partial charge is 0.395 e. The van der Waals surface area contributed by atoms with Crippen LogP contribution in [0.4, 0.5) is 5.95 Å². The fourth-order valence-corrected chi connectivity index (χ4v) is 2.18. The number of benzene rings is 1. The third-order valence-corrected chi connectivity index (χ3v) is 3.14. The molecule has 2 heterocycles. The fraction of sp³-hybridized carbons (Fsp3) is 0.200. The van der Waals surface area contributed by atoms with Gasteiger partial charge in [0.05, 0.1) is 17.6 Å². The molecule has 0 unspecified atom stereocenters. The molecule has 0 fully saturated rings. The van der Waals surface area contributed by atoms with Crippen LogP contribution >= 0.6 is 0 Å². The molecule has 2 aromatic heterocycles. The van der Waals surface area contributed by atoms with Crippen LogP contribution in [0.2, 0.25) is 0 Å². The third-order valence-electron chi connectivity index (χ3n) is 3.14. The predicted molar refractivity (Wildman–Crippen MR) is 78.5 cm³/mol. The summed E-state index contributed by atoms with van der Waals surface area (Å²) in [5.41, 5.74) is 3.01. The summed E-state index contributed by atoms with van der Waals surface area (Å²) in [6, 6.07) is 11.8. The highest BCUT2D eigenvalue weighted by Gasteiger charge is 2.11. The van der Waals surface area contributed by atoms with Gasteiger partial charge in [0.25, 0.3) is 0 Å². The summed E-state index contributed by atoms with van der Waals surface area (Å²) in [5.74, 6) is 0.768. The molecule has 102 valence electrons. The Balaban J connectivity index is 1.89. The lowest BCUT2D eigenvalue weighted by Gasteiger charge is -2.20. The minimum atomic E-state index is 0.0807. The van der Waals surface area contributed by atoms with Crippen LogP contribution < -0.4 is 4.90 Å². The number of aliphatic hydroxyl groups is 1. The monoisotopic (exact) mass is 268 g/mol. The average Bonchev–Trinajstić information content (AvgIpc) is 2.92. The molecule has 3 aromatic rings. The van der Waals surface area contributed by atoms with Crippen LogP contribution in [0.5, 0.6) is 0 Å². The van der Waals surface area contributed by atoms with Crippen molar-refractivity contribution in [3.05, 3.63) is 54.4 Å². The SMILES string of the molecule is OCCN(Cc1cccnc1)c1nc2ccccc2[nH]1. The second kappa shape index (κ2) is 5.71. The highest BCUT2D eigenvalue weighted by Crippen LogP contribution is 2.18. The Kier molecular flexibility index (Phi) is 3.60. The van der Waals surface area contributed by atoms with Gasteiger partial charge in [-0.1, -0.05) is 18.2 Å². The van der Waals surface area contributed by atoms with Crippen molar-refractivity contribution in [3.8, 4) is 0 Å². The van der Waals surface area contributed by atoms with E-state index in [1.165, 1.54) is 0 Å². The summed E-state index contributed by atoms with van der Waals surface area (Å²) in [6.45, 7) is 1.26. The van der Waals surface area contributed by atoms with Crippen LogP contribution in [0.15, 0.2) is 48.8 Å². The molecule has 0 aliphatic heterocycles. The molecule has 0 radical (unpaired) electrons. The van der Waals surface area contributed by atoms with E-state index in [-0.39, 0.29) is 6.61 Å². The minimum absolute atomic E-state index is 0.0807. The second-order valence-corrected chi connectivity index (χ2v) is 4.58. The molecule has 1 aromatic carbocycles. The number of aromatic nitrogens is 3. The maximum atomic E-state index is 9.25. The summed E-state index contributed by atoms with van der Waals surface area (Å²) < 4.78 is 0. The quantitative estimate of drug-likeness (QED) is 0.742. The first-order valence-corrected chi connectivity index (χ1v) is 6.56. The molecule has 0 saturated carbocycles. The van der Waals surface area contributed by atoms with Gasteiger partial charge in [-0.25, -0.2) is 4.98 Å². The van der Waals surface area contributed by atoms with Crippen molar-refractivity contribution in [3.63, 3.8) is 0 Å². The van der Waals surface area contributed by atoms with Gasteiger partial charge in [0, 0.05) is 25.5 Å². The van der Waals surface area contributed by atoms with Crippen molar-refractivity contribution in [1.29, 1.82) is 0 Å². The molecular formula is C15H16N4O. The van der Waals surface area contributed by atoms with Crippen LogP contribution in [0, 0.1) is 0 Å². The summed E-state index contributed by atoms with van der Waals surface area (Å²) in [6.07, 6.45) is 3.58. The average molecular weight is 268 g/mol. The lowest BCUT2D eigenvalue weighted by Crippen LogP contribution is -2.27. The first kappa shape index (κ1) is 12.6. The number of anilines is 1. The molecule has 0 spiro atoms. The Hall–Kier alpha value is -2.40. The van der Waals surface area contributed by atoms with Crippen LogP contribution in [-0.4, -0.2) is 33.2 Å². The van der Waals surface area contributed by atoms with Gasteiger partial charge in [-0.15, -0.1) is 0 Å². The summed E-state index contributed by atoms with van der Waals surface area (Å²) in [7, 11) is 0. The van der Waals surface area contributed by atoms with Crippen molar-refractivity contribution in [2.45, 2.75) is 6.54 Å². The van der Waals surface area contributed by atoms with Gasteiger partial charge in [-0.2, -0.15) is 0 Å². The predicted octanol–water partition coefficient (Wildman–Crippen LogP) is 1.96. The number of aliphatic hydroxyl groups excluding tert-OH is 1. The summed E-state index contributed by atoms with van der Waals surface area (Å²) in [4.78, 5) is 14.0. The number of para-hydroxylation sites is 2. The van der Waals surface area contributed by atoms with Gasteiger partial charge < -0.3 is 15.0 Å². The molecule has 5 nitrogen and oxygen atoms in total. The zero-order valence-corrected chi connectivity index (χ0v) is 11.0. The second-order valence-electron chi connectivity index (χ2n) is 4.58. The molecule has 0 amide bonds. The molecule has 5 heteroatoms. The van der Waals surface area contributed by atoms with E-state index in [0.29, 0.717) is 13.1 Å². The van der Waals surface area contributed by atoms with Gasteiger partial charge in [-0.3, -0.25) is 4.98 Å². The molecule has 3 rings (SSSR count). The molecule has 0 aliphatic carbocycles. The Morgan fingerprint density at radius 2 is 2.05 bits per heavy atom. The van der Waals surface area contributed by atoms with Gasteiger partial charge >= 0.3 is 0 Å². The lowest BCUT2D eigenvalue weighted by molar-refractivity contribution is 0.301. The maximum Gasteiger partial charge on any atom is 0.204 e. The first-order chi connectivity index (χ1) is 9.86. The van der Waals surface area contributed by atoms with Crippen LogP contribution in [0.1, 0.15) is 5.56 Å². The Morgan fingerprint density at radius 3 is 2.80 bits per heavy atom. The Labute approximate surface area is 116 Å². The van der Waals surface area contributed by atoms with Crippen molar-refractivity contribution in [1.82, 2.24) is 15.0 Å². The zero-order valence-electron chi connectivity index (χ0n) is 11.0. The molecule has 0 atom stereocenters. The van der Waals surface area contributed by atoms with Crippen LogP contribution in [-0.2, 0) is 6.54 Å². The standard InChI is InChI=1S/C15H16N4O/c20-9-8-19(11-12-4-3-7-16-10-12)15-17-13-5-1-2-6-14(13)18-15/h1-7,10,20H,8-9,11H2,(H,17,18). The van der Waals surface area contributed by atoms with Gasteiger partial charge in [0.1, 0.15) is 0 Å². The molecule has 20 heavy (non-hydrogen) atoms. The van der Waals surface area contributed by atoms with Gasteiger partial charge in [0.15, 0.2) is 0 Å². The minimum Gasteiger partial charge on any atom is -0.395 e. The maximum absolute atomic E-state index is 9.25. The van der Waals surface area contributed by atoms with E-state index < -0.39 is 0 Å². The van der Waals surface area contributed by atoms with E-state index in [2.05, 4.69) is 15.0 Å². The molecular weight excluding hydrogens is 252 g/mol. The number of hydrogen-bond donors (Lipinski definition) is 2. The number of nitrogens with one attached hydrogen (secondary N) is 1. The fourth-order valence-electron chi connectivity index (χ4n) is 2.18. The third kappa shape index (κ3) is 2.62. The number of fused-ring (bicyclic) bond motifs is 1. The van der Waals surface area contributed by atoms with Gasteiger partial charge in [0.2, 0.25) is 5.95 Å². The smallest absolute Gasteiger partial charge is 0.204 e. The number of nitrogens with zero attached hydrogens (tertiary/aromatic N) is 3. The Bertz CT molecular complexity index is 647. The van der Waals surface area contributed by atoms with Crippen molar-refractivity contribution in [2.24, 2.45) is 0 Å². The highest BCUT2D eigenvalue weighted by atomic mass is 16.3. The van der Waals surface area contributed by atoms with Crippen LogP contribution in [0.3, 0.4) is 0 Å². The molecule has 2 N–H and O–H groups in total. The number of aromatic amines is 1. The molecule has 0 bridgehead atoms.